The van der Waals surface area contributed by atoms with Crippen LogP contribution in [-0.2, 0) is 0 Å². The smallest absolute Gasteiger partial charge is 0.156 e. The maximum Gasteiger partial charge on any atom is 0.156 e. The largest absolute Gasteiger partial charge is 0.462 e. The van der Waals surface area contributed by atoms with Crippen LogP contribution in [0.5, 0.6) is 0 Å². The minimum atomic E-state index is 0.926. The van der Waals surface area contributed by atoms with E-state index in [2.05, 4.69) is 5.32 Å². The average molecular weight is 147 g/mol. The molecule has 0 spiro atoms. The Morgan fingerprint density at radius 3 is 3.00 bits per heavy atom. The van der Waals surface area contributed by atoms with Crippen LogP contribution in [0.2, 0.25) is 0 Å². The van der Waals surface area contributed by atoms with Crippen molar-refractivity contribution < 1.29 is 4.42 Å². The summed E-state index contributed by atoms with van der Waals surface area (Å²) in [6, 6.07) is 7.98. The van der Waals surface area contributed by atoms with E-state index in [1.807, 2.05) is 31.3 Å². The third kappa shape index (κ3) is 0.871. The van der Waals surface area contributed by atoms with Crippen LogP contribution in [0.3, 0.4) is 0 Å². The summed E-state index contributed by atoms with van der Waals surface area (Å²) in [5.74, 6) is 0. The van der Waals surface area contributed by atoms with Crippen molar-refractivity contribution >= 4 is 16.7 Å². The number of rotatable bonds is 1. The van der Waals surface area contributed by atoms with Gasteiger partial charge in [-0.1, -0.05) is 12.1 Å². The summed E-state index contributed by atoms with van der Waals surface area (Å²) in [5.41, 5.74) is 1.96. The number of para-hydroxylation sites is 1. The van der Waals surface area contributed by atoms with Crippen LogP contribution in [0.1, 0.15) is 0 Å². The second-order valence-corrected chi connectivity index (χ2v) is 2.39. The molecule has 1 aromatic heterocycles. The molecule has 0 bridgehead atoms. The molecule has 0 fully saturated rings. The molecule has 11 heavy (non-hydrogen) atoms. The van der Waals surface area contributed by atoms with Gasteiger partial charge in [-0.2, -0.15) is 0 Å². The van der Waals surface area contributed by atoms with Crippen LogP contribution in [0, 0.1) is 0 Å². The molecule has 0 atom stereocenters. The minimum Gasteiger partial charge on any atom is -0.462 e. The number of benzene rings is 1. The Hall–Kier alpha value is -1.44. The SMILES string of the molecule is CNc1cccc2ccoc12. The van der Waals surface area contributed by atoms with E-state index >= 15 is 0 Å². The molecule has 1 heterocycles. The first-order chi connectivity index (χ1) is 5.42. The van der Waals surface area contributed by atoms with E-state index in [4.69, 9.17) is 4.42 Å². The van der Waals surface area contributed by atoms with E-state index < -0.39 is 0 Å². The second kappa shape index (κ2) is 2.31. The predicted molar refractivity (Wildman–Crippen MR) is 45.8 cm³/mol. The Morgan fingerprint density at radius 1 is 1.27 bits per heavy atom. The van der Waals surface area contributed by atoms with Crippen LogP contribution in [0.25, 0.3) is 11.0 Å². The Balaban J connectivity index is 2.79. The Bertz CT molecular complexity index is 364. The third-order valence-corrected chi connectivity index (χ3v) is 1.75. The number of anilines is 1. The van der Waals surface area contributed by atoms with Crippen molar-refractivity contribution in [2.45, 2.75) is 0 Å². The van der Waals surface area contributed by atoms with Gasteiger partial charge >= 0.3 is 0 Å². The standard InChI is InChI=1S/C9H9NO/c1-10-8-4-2-3-7-5-6-11-9(7)8/h2-6,10H,1H3. The van der Waals surface area contributed by atoms with E-state index in [1.165, 1.54) is 0 Å². The monoisotopic (exact) mass is 147 g/mol. The Labute approximate surface area is 64.8 Å². The molecule has 0 aliphatic carbocycles. The number of furan rings is 1. The zero-order chi connectivity index (χ0) is 7.68. The van der Waals surface area contributed by atoms with Crippen LogP contribution >= 0.6 is 0 Å². The summed E-state index contributed by atoms with van der Waals surface area (Å²) in [5, 5.41) is 4.20. The lowest BCUT2D eigenvalue weighted by atomic mass is 10.2. The molecule has 2 nitrogen and oxygen atoms in total. The molecule has 2 aromatic rings. The lowest BCUT2D eigenvalue weighted by molar-refractivity contribution is 0.617. The topological polar surface area (TPSA) is 25.2 Å². The zero-order valence-corrected chi connectivity index (χ0v) is 6.29. The molecule has 0 unspecified atom stereocenters. The van der Waals surface area contributed by atoms with Crippen molar-refractivity contribution in [1.82, 2.24) is 0 Å². The summed E-state index contributed by atoms with van der Waals surface area (Å²) in [6.07, 6.45) is 1.70. The molecule has 2 rings (SSSR count). The van der Waals surface area contributed by atoms with Crippen molar-refractivity contribution in [3.63, 3.8) is 0 Å². The van der Waals surface area contributed by atoms with E-state index in [-0.39, 0.29) is 0 Å². The lowest BCUT2D eigenvalue weighted by Crippen LogP contribution is -1.86. The van der Waals surface area contributed by atoms with Gasteiger partial charge in [0.2, 0.25) is 0 Å². The first-order valence-electron chi connectivity index (χ1n) is 3.56. The number of hydrogen-bond acceptors (Lipinski definition) is 2. The van der Waals surface area contributed by atoms with Gasteiger partial charge in [0.1, 0.15) is 0 Å². The summed E-state index contributed by atoms with van der Waals surface area (Å²) >= 11 is 0. The number of fused-ring (bicyclic) bond motifs is 1. The van der Waals surface area contributed by atoms with E-state index in [0.717, 1.165) is 16.7 Å². The van der Waals surface area contributed by atoms with Gasteiger partial charge in [0, 0.05) is 12.4 Å². The van der Waals surface area contributed by atoms with Gasteiger partial charge in [-0.05, 0) is 12.1 Å². The molecule has 1 aromatic carbocycles. The van der Waals surface area contributed by atoms with Gasteiger partial charge in [0.25, 0.3) is 0 Å². The van der Waals surface area contributed by atoms with Crippen molar-refractivity contribution in [3.05, 3.63) is 30.5 Å². The molecule has 0 saturated heterocycles. The maximum absolute atomic E-state index is 5.28. The van der Waals surface area contributed by atoms with Crippen LogP contribution < -0.4 is 5.32 Å². The van der Waals surface area contributed by atoms with Crippen LogP contribution in [0.15, 0.2) is 34.9 Å². The first-order valence-corrected chi connectivity index (χ1v) is 3.56. The molecular weight excluding hydrogens is 138 g/mol. The highest BCUT2D eigenvalue weighted by Crippen LogP contribution is 2.23. The Kier molecular flexibility index (Phi) is 1.32. The fraction of sp³-hybridized carbons (Fsp3) is 0.111. The molecule has 0 saturated carbocycles. The highest BCUT2D eigenvalue weighted by Gasteiger charge is 1.99. The van der Waals surface area contributed by atoms with Crippen molar-refractivity contribution in [1.29, 1.82) is 0 Å². The van der Waals surface area contributed by atoms with E-state index in [1.54, 1.807) is 6.26 Å². The third-order valence-electron chi connectivity index (χ3n) is 1.75. The van der Waals surface area contributed by atoms with Gasteiger partial charge in [-0.25, -0.2) is 0 Å². The van der Waals surface area contributed by atoms with Crippen LogP contribution in [-0.4, -0.2) is 7.05 Å². The maximum atomic E-state index is 5.28. The van der Waals surface area contributed by atoms with Gasteiger partial charge < -0.3 is 9.73 Å². The number of hydrogen-bond donors (Lipinski definition) is 1. The minimum absolute atomic E-state index is 0.926. The molecule has 0 amide bonds. The van der Waals surface area contributed by atoms with Gasteiger partial charge in [-0.15, -0.1) is 0 Å². The fourth-order valence-corrected chi connectivity index (χ4v) is 1.19. The molecular formula is C9H9NO. The second-order valence-electron chi connectivity index (χ2n) is 2.39. The lowest BCUT2D eigenvalue weighted by Gasteiger charge is -1.98. The van der Waals surface area contributed by atoms with Crippen LogP contribution in [0.4, 0.5) is 5.69 Å². The molecule has 2 heteroatoms. The summed E-state index contributed by atoms with van der Waals surface area (Å²) in [7, 11) is 1.89. The summed E-state index contributed by atoms with van der Waals surface area (Å²) < 4.78 is 5.28. The molecule has 0 aliphatic rings. The fourth-order valence-electron chi connectivity index (χ4n) is 1.19. The summed E-state index contributed by atoms with van der Waals surface area (Å²) in [4.78, 5) is 0. The van der Waals surface area contributed by atoms with Crippen molar-refractivity contribution in [2.75, 3.05) is 12.4 Å². The van der Waals surface area contributed by atoms with Crippen molar-refractivity contribution in [3.8, 4) is 0 Å². The highest BCUT2D eigenvalue weighted by molar-refractivity contribution is 5.88. The normalized spacial score (nSPS) is 10.3. The molecule has 0 radical (unpaired) electrons. The highest BCUT2D eigenvalue weighted by atomic mass is 16.3. The predicted octanol–water partition coefficient (Wildman–Crippen LogP) is 2.47. The van der Waals surface area contributed by atoms with E-state index in [9.17, 15) is 0 Å². The van der Waals surface area contributed by atoms with Gasteiger partial charge in [0.05, 0.1) is 12.0 Å². The van der Waals surface area contributed by atoms with Crippen molar-refractivity contribution in [2.24, 2.45) is 0 Å². The van der Waals surface area contributed by atoms with Gasteiger partial charge in [-0.3, -0.25) is 0 Å². The quantitative estimate of drug-likeness (QED) is 0.670. The summed E-state index contributed by atoms with van der Waals surface area (Å²) in [6.45, 7) is 0. The Morgan fingerprint density at radius 2 is 2.18 bits per heavy atom. The molecule has 0 aliphatic heterocycles. The molecule has 1 N–H and O–H groups in total. The first kappa shape index (κ1) is 6.28. The average Bonchev–Trinajstić information content (AvgIpc) is 2.50. The molecule has 56 valence electrons. The van der Waals surface area contributed by atoms with E-state index in [0.29, 0.717) is 0 Å². The number of nitrogens with one attached hydrogen (secondary N) is 1. The zero-order valence-electron chi connectivity index (χ0n) is 6.29. The van der Waals surface area contributed by atoms with Gasteiger partial charge in [0.15, 0.2) is 5.58 Å².